The van der Waals surface area contributed by atoms with Gasteiger partial charge in [-0.3, -0.25) is 9.59 Å². The van der Waals surface area contributed by atoms with Crippen molar-refractivity contribution >= 4 is 17.5 Å². The zero-order valence-corrected chi connectivity index (χ0v) is 18.0. The zero-order chi connectivity index (χ0) is 21.8. The third kappa shape index (κ3) is 4.93. The van der Waals surface area contributed by atoms with E-state index in [0.29, 0.717) is 35.1 Å². The minimum absolute atomic E-state index is 0.0393. The Morgan fingerprint density at radius 1 is 1.03 bits per heavy atom. The summed E-state index contributed by atoms with van der Waals surface area (Å²) in [5, 5.41) is 6.13. The van der Waals surface area contributed by atoms with Crippen molar-refractivity contribution in [1.82, 2.24) is 10.6 Å². The third-order valence-corrected chi connectivity index (χ3v) is 5.63. The monoisotopic (exact) mass is 423 g/mol. The van der Waals surface area contributed by atoms with Crippen molar-refractivity contribution in [1.29, 1.82) is 0 Å². The molecular formula is C24H29N3O4. The number of fused-ring (bicyclic) bond motifs is 1. The van der Waals surface area contributed by atoms with E-state index < -0.39 is 0 Å². The number of carbonyl (C=O) groups is 2. The van der Waals surface area contributed by atoms with Gasteiger partial charge in [-0.25, -0.2) is 0 Å². The number of hydrogen-bond donors (Lipinski definition) is 2. The van der Waals surface area contributed by atoms with Gasteiger partial charge < -0.3 is 25.0 Å². The van der Waals surface area contributed by atoms with Gasteiger partial charge in [0.1, 0.15) is 0 Å². The van der Waals surface area contributed by atoms with Gasteiger partial charge in [0.05, 0.1) is 5.56 Å². The SMILES string of the molecule is CC(C)CNC(=O)c1ccccc1N1CCC(NC(=O)c2ccc3c(c2)OCO3)CC1. The number of nitrogens with one attached hydrogen (secondary N) is 2. The lowest BCUT2D eigenvalue weighted by atomic mass is 10.0. The summed E-state index contributed by atoms with van der Waals surface area (Å²) in [6, 6.07) is 13.1. The van der Waals surface area contributed by atoms with E-state index in [0.717, 1.165) is 31.6 Å². The van der Waals surface area contributed by atoms with Crippen molar-refractivity contribution in [2.24, 2.45) is 5.92 Å². The van der Waals surface area contributed by atoms with E-state index in [2.05, 4.69) is 29.4 Å². The normalized spacial score (nSPS) is 15.8. The van der Waals surface area contributed by atoms with Crippen molar-refractivity contribution in [2.45, 2.75) is 32.7 Å². The average Bonchev–Trinajstić information content (AvgIpc) is 3.26. The number of hydrogen-bond acceptors (Lipinski definition) is 5. The lowest BCUT2D eigenvalue weighted by molar-refractivity contribution is 0.0929. The molecule has 0 bridgehead atoms. The average molecular weight is 424 g/mol. The number of piperidine rings is 1. The Balaban J connectivity index is 1.35. The molecular weight excluding hydrogens is 394 g/mol. The molecule has 2 aromatic rings. The summed E-state index contributed by atoms with van der Waals surface area (Å²) >= 11 is 0. The minimum Gasteiger partial charge on any atom is -0.454 e. The van der Waals surface area contributed by atoms with Crippen LogP contribution in [0.4, 0.5) is 5.69 Å². The Bertz CT molecular complexity index is 952. The standard InChI is InChI=1S/C24H29N3O4/c1-16(2)14-25-24(29)19-5-3-4-6-20(19)27-11-9-18(10-12-27)26-23(28)17-7-8-21-22(13-17)31-15-30-21/h3-8,13,16,18H,9-12,14-15H2,1-2H3,(H,25,29)(H,26,28). The van der Waals surface area contributed by atoms with Crippen LogP contribution in [0.2, 0.25) is 0 Å². The van der Waals surface area contributed by atoms with Gasteiger partial charge in [0.15, 0.2) is 11.5 Å². The molecule has 1 saturated heterocycles. The van der Waals surface area contributed by atoms with Gasteiger partial charge in [0, 0.05) is 36.9 Å². The van der Waals surface area contributed by atoms with E-state index in [-0.39, 0.29) is 24.6 Å². The van der Waals surface area contributed by atoms with Crippen LogP contribution in [0.3, 0.4) is 0 Å². The smallest absolute Gasteiger partial charge is 0.253 e. The molecule has 2 heterocycles. The molecule has 31 heavy (non-hydrogen) atoms. The predicted octanol–water partition coefficient (Wildman–Crippen LogP) is 3.20. The molecule has 0 aliphatic carbocycles. The summed E-state index contributed by atoms with van der Waals surface area (Å²) in [4.78, 5) is 27.5. The second kappa shape index (κ2) is 9.29. The Morgan fingerprint density at radius 2 is 1.77 bits per heavy atom. The summed E-state index contributed by atoms with van der Waals surface area (Å²) in [7, 11) is 0. The molecule has 0 unspecified atom stereocenters. The van der Waals surface area contributed by atoms with Crippen molar-refractivity contribution in [2.75, 3.05) is 31.3 Å². The highest BCUT2D eigenvalue weighted by Crippen LogP contribution is 2.32. The van der Waals surface area contributed by atoms with Gasteiger partial charge in [0.25, 0.3) is 11.8 Å². The fourth-order valence-corrected chi connectivity index (χ4v) is 3.90. The minimum atomic E-state index is -0.106. The topological polar surface area (TPSA) is 79.9 Å². The molecule has 2 N–H and O–H groups in total. The summed E-state index contributed by atoms with van der Waals surface area (Å²) in [5.41, 5.74) is 2.22. The van der Waals surface area contributed by atoms with E-state index in [9.17, 15) is 9.59 Å². The van der Waals surface area contributed by atoms with E-state index in [4.69, 9.17) is 9.47 Å². The molecule has 0 radical (unpaired) electrons. The first-order chi connectivity index (χ1) is 15.0. The maximum atomic E-state index is 12.7. The zero-order valence-electron chi connectivity index (χ0n) is 18.0. The first-order valence-corrected chi connectivity index (χ1v) is 10.8. The number of ether oxygens (including phenoxy) is 2. The molecule has 7 heteroatoms. The van der Waals surface area contributed by atoms with Crippen molar-refractivity contribution in [3.63, 3.8) is 0 Å². The highest BCUT2D eigenvalue weighted by molar-refractivity contribution is 6.00. The van der Waals surface area contributed by atoms with Crippen LogP contribution in [0.1, 0.15) is 47.4 Å². The highest BCUT2D eigenvalue weighted by atomic mass is 16.7. The number of benzene rings is 2. The van der Waals surface area contributed by atoms with Gasteiger partial charge in [0.2, 0.25) is 6.79 Å². The number of nitrogens with zero attached hydrogens (tertiary/aromatic N) is 1. The second-order valence-corrected chi connectivity index (χ2v) is 8.42. The van der Waals surface area contributed by atoms with Gasteiger partial charge in [-0.15, -0.1) is 0 Å². The van der Waals surface area contributed by atoms with Crippen LogP contribution in [-0.2, 0) is 0 Å². The summed E-state index contributed by atoms with van der Waals surface area (Å²) < 4.78 is 10.7. The van der Waals surface area contributed by atoms with E-state index in [1.807, 2.05) is 24.3 Å². The van der Waals surface area contributed by atoms with Crippen molar-refractivity contribution in [3.05, 3.63) is 53.6 Å². The molecule has 2 amide bonds. The maximum absolute atomic E-state index is 12.7. The lowest BCUT2D eigenvalue weighted by Gasteiger charge is -2.35. The second-order valence-electron chi connectivity index (χ2n) is 8.42. The number of para-hydroxylation sites is 1. The van der Waals surface area contributed by atoms with Crippen LogP contribution in [-0.4, -0.2) is 44.3 Å². The largest absolute Gasteiger partial charge is 0.454 e. The molecule has 7 nitrogen and oxygen atoms in total. The third-order valence-electron chi connectivity index (χ3n) is 5.63. The molecule has 2 aliphatic heterocycles. The molecule has 2 aliphatic rings. The van der Waals surface area contributed by atoms with E-state index in [1.165, 1.54) is 0 Å². The maximum Gasteiger partial charge on any atom is 0.253 e. The summed E-state index contributed by atoms with van der Waals surface area (Å²) in [6.45, 7) is 6.56. The first kappa shape index (κ1) is 21.0. The van der Waals surface area contributed by atoms with Crippen LogP contribution >= 0.6 is 0 Å². The van der Waals surface area contributed by atoms with Crippen LogP contribution < -0.4 is 25.0 Å². The fourth-order valence-electron chi connectivity index (χ4n) is 3.90. The number of amides is 2. The van der Waals surface area contributed by atoms with Crippen LogP contribution in [0.15, 0.2) is 42.5 Å². The van der Waals surface area contributed by atoms with Gasteiger partial charge >= 0.3 is 0 Å². The van der Waals surface area contributed by atoms with Crippen LogP contribution in [0, 0.1) is 5.92 Å². The molecule has 4 rings (SSSR count). The highest BCUT2D eigenvalue weighted by Gasteiger charge is 2.25. The Hall–Kier alpha value is -3.22. The predicted molar refractivity (Wildman–Crippen MR) is 119 cm³/mol. The summed E-state index contributed by atoms with van der Waals surface area (Å²) in [6.07, 6.45) is 1.64. The fraction of sp³-hybridized carbons (Fsp3) is 0.417. The molecule has 1 fully saturated rings. The van der Waals surface area contributed by atoms with Crippen molar-refractivity contribution < 1.29 is 19.1 Å². The summed E-state index contributed by atoms with van der Waals surface area (Å²) in [5.74, 6) is 1.53. The molecule has 2 aromatic carbocycles. The molecule has 0 saturated carbocycles. The van der Waals surface area contributed by atoms with Crippen molar-refractivity contribution in [3.8, 4) is 11.5 Å². The Kier molecular flexibility index (Phi) is 6.30. The van der Waals surface area contributed by atoms with E-state index >= 15 is 0 Å². The first-order valence-electron chi connectivity index (χ1n) is 10.8. The number of rotatable bonds is 6. The molecule has 164 valence electrons. The molecule has 0 spiro atoms. The van der Waals surface area contributed by atoms with Gasteiger partial charge in [-0.05, 0) is 49.1 Å². The molecule has 0 aromatic heterocycles. The van der Waals surface area contributed by atoms with Gasteiger partial charge in [-0.2, -0.15) is 0 Å². The number of carbonyl (C=O) groups excluding carboxylic acids is 2. The van der Waals surface area contributed by atoms with Crippen LogP contribution in [0.25, 0.3) is 0 Å². The Morgan fingerprint density at radius 3 is 2.55 bits per heavy atom. The molecule has 0 atom stereocenters. The van der Waals surface area contributed by atoms with E-state index in [1.54, 1.807) is 18.2 Å². The quantitative estimate of drug-likeness (QED) is 0.746. The number of anilines is 1. The lowest BCUT2D eigenvalue weighted by Crippen LogP contribution is -2.45. The Labute approximate surface area is 182 Å². The van der Waals surface area contributed by atoms with Crippen LogP contribution in [0.5, 0.6) is 11.5 Å². The van der Waals surface area contributed by atoms with Gasteiger partial charge in [-0.1, -0.05) is 26.0 Å².